The molecule has 2 saturated heterocycles. The van der Waals surface area contributed by atoms with Gasteiger partial charge in [0.15, 0.2) is 0 Å². The molecule has 1 unspecified atom stereocenters. The van der Waals surface area contributed by atoms with E-state index in [1.807, 2.05) is 12.1 Å². The molecule has 1 spiro atoms. The first-order chi connectivity index (χ1) is 10.7. The van der Waals surface area contributed by atoms with Crippen LogP contribution in [-0.4, -0.2) is 36.1 Å². The zero-order valence-electron chi connectivity index (χ0n) is 12.3. The van der Waals surface area contributed by atoms with Gasteiger partial charge < -0.3 is 10.2 Å². The van der Waals surface area contributed by atoms with Crippen molar-refractivity contribution in [1.29, 1.82) is 0 Å². The third kappa shape index (κ3) is 2.02. The van der Waals surface area contributed by atoms with Gasteiger partial charge in [-0.2, -0.15) is 0 Å². The summed E-state index contributed by atoms with van der Waals surface area (Å²) in [6, 6.07) is 7.05. The average Bonchev–Trinajstić information content (AvgIpc) is 3.16. The minimum Gasteiger partial charge on any atom is -0.355 e. The molecule has 2 fully saturated rings. The maximum Gasteiger partial charge on any atom is 0.280 e. The third-order valence-corrected chi connectivity index (χ3v) is 5.02. The second kappa shape index (κ2) is 4.91. The fourth-order valence-electron chi connectivity index (χ4n) is 3.84. The van der Waals surface area contributed by atoms with Gasteiger partial charge in [0.05, 0.1) is 4.92 Å². The van der Waals surface area contributed by atoms with Crippen LogP contribution in [0.5, 0.6) is 0 Å². The van der Waals surface area contributed by atoms with Crippen LogP contribution < -0.4 is 10.2 Å². The Morgan fingerprint density at radius 1 is 1.32 bits per heavy atom. The highest BCUT2D eigenvalue weighted by molar-refractivity contribution is 5.99. The van der Waals surface area contributed by atoms with Gasteiger partial charge in [0.1, 0.15) is 11.2 Å². The summed E-state index contributed by atoms with van der Waals surface area (Å²) in [5.41, 5.74) is 0.457. The van der Waals surface area contributed by atoms with Gasteiger partial charge in [-0.3, -0.25) is 10.1 Å². The number of pyridine rings is 1. The molecule has 1 N–H and O–H groups in total. The van der Waals surface area contributed by atoms with Gasteiger partial charge in [-0.05, 0) is 30.8 Å². The lowest BCUT2D eigenvalue weighted by Gasteiger charge is -2.24. The van der Waals surface area contributed by atoms with Gasteiger partial charge in [-0.25, -0.2) is 4.98 Å². The Morgan fingerprint density at radius 3 is 3.00 bits per heavy atom. The summed E-state index contributed by atoms with van der Waals surface area (Å²) in [5.74, 6) is 0.758. The van der Waals surface area contributed by atoms with E-state index in [1.165, 1.54) is 6.42 Å². The number of non-ortho nitro benzene ring substituents is 1. The Kier molecular flexibility index (Phi) is 3.00. The van der Waals surface area contributed by atoms with E-state index < -0.39 is 0 Å². The molecule has 2 aliphatic heterocycles. The first-order valence-electron chi connectivity index (χ1n) is 7.66. The minimum atomic E-state index is -0.309. The predicted octanol–water partition coefficient (Wildman–Crippen LogP) is 2.33. The number of benzene rings is 1. The summed E-state index contributed by atoms with van der Waals surface area (Å²) in [5, 5.41) is 16.4. The molecule has 1 atom stereocenters. The molecule has 6 nitrogen and oxygen atoms in total. The van der Waals surface area contributed by atoms with Crippen molar-refractivity contribution >= 4 is 22.3 Å². The van der Waals surface area contributed by atoms with Crippen LogP contribution in [0.15, 0.2) is 30.5 Å². The highest BCUT2D eigenvalue weighted by Gasteiger charge is 2.41. The zero-order chi connectivity index (χ0) is 15.2. The van der Waals surface area contributed by atoms with E-state index in [4.69, 9.17) is 0 Å². The fraction of sp³-hybridized carbons (Fsp3) is 0.438. The molecule has 6 heteroatoms. The standard InChI is InChI=1S/C16H18N4O2/c21-20(22)13-3-1-2-12-4-7-18-15(14(12)13)19-9-6-16(11-19)5-8-17-10-16/h1-4,7,17H,5-6,8-11H2. The normalized spacial score (nSPS) is 24.5. The molecular formula is C16H18N4O2. The summed E-state index contributed by atoms with van der Waals surface area (Å²) in [6.07, 6.45) is 4.05. The fourth-order valence-corrected chi connectivity index (χ4v) is 3.84. The molecule has 1 aromatic heterocycles. The Bertz CT molecular complexity index is 735. The zero-order valence-corrected chi connectivity index (χ0v) is 12.3. The van der Waals surface area contributed by atoms with Crippen molar-refractivity contribution in [3.05, 3.63) is 40.6 Å². The highest BCUT2D eigenvalue weighted by atomic mass is 16.6. The molecule has 2 aromatic rings. The van der Waals surface area contributed by atoms with Crippen molar-refractivity contribution in [1.82, 2.24) is 10.3 Å². The van der Waals surface area contributed by atoms with Crippen molar-refractivity contribution in [2.24, 2.45) is 5.41 Å². The topological polar surface area (TPSA) is 71.3 Å². The van der Waals surface area contributed by atoms with Crippen LogP contribution in [0.4, 0.5) is 11.5 Å². The monoisotopic (exact) mass is 298 g/mol. The first-order valence-corrected chi connectivity index (χ1v) is 7.66. The molecule has 114 valence electrons. The van der Waals surface area contributed by atoms with Gasteiger partial charge in [0.2, 0.25) is 0 Å². The second-order valence-corrected chi connectivity index (χ2v) is 6.37. The van der Waals surface area contributed by atoms with E-state index >= 15 is 0 Å². The van der Waals surface area contributed by atoms with Gasteiger partial charge in [0.25, 0.3) is 5.69 Å². The SMILES string of the molecule is O=[N+]([O-])c1cccc2ccnc(N3CCC4(CCNC4)C3)c12. The summed E-state index contributed by atoms with van der Waals surface area (Å²) < 4.78 is 0. The van der Waals surface area contributed by atoms with Gasteiger partial charge >= 0.3 is 0 Å². The van der Waals surface area contributed by atoms with E-state index in [0.717, 1.165) is 43.8 Å². The highest BCUT2D eigenvalue weighted by Crippen LogP contribution is 2.41. The third-order valence-electron chi connectivity index (χ3n) is 5.02. The number of nitro groups is 1. The molecular weight excluding hydrogens is 280 g/mol. The Balaban J connectivity index is 1.80. The quantitative estimate of drug-likeness (QED) is 0.680. The van der Waals surface area contributed by atoms with Gasteiger partial charge in [-0.15, -0.1) is 0 Å². The molecule has 1 aromatic carbocycles. The van der Waals surface area contributed by atoms with Crippen LogP contribution in [0.3, 0.4) is 0 Å². The lowest BCUT2D eigenvalue weighted by atomic mass is 9.86. The summed E-state index contributed by atoms with van der Waals surface area (Å²) in [6.45, 7) is 3.95. The number of nitro benzene ring substituents is 1. The molecule has 4 rings (SSSR count). The van der Waals surface area contributed by atoms with Crippen LogP contribution >= 0.6 is 0 Å². The number of nitrogens with zero attached hydrogens (tertiary/aromatic N) is 3. The summed E-state index contributed by atoms with van der Waals surface area (Å²) >= 11 is 0. The average molecular weight is 298 g/mol. The molecule has 0 radical (unpaired) electrons. The number of nitrogens with one attached hydrogen (secondary N) is 1. The molecule has 0 bridgehead atoms. The summed E-state index contributed by atoms with van der Waals surface area (Å²) in [4.78, 5) is 17.8. The van der Waals surface area contributed by atoms with Crippen LogP contribution in [0, 0.1) is 15.5 Å². The maximum atomic E-state index is 11.4. The number of anilines is 1. The van der Waals surface area contributed by atoms with E-state index in [-0.39, 0.29) is 10.6 Å². The maximum absolute atomic E-state index is 11.4. The molecule has 0 aliphatic carbocycles. The van der Waals surface area contributed by atoms with Crippen molar-refractivity contribution in [3.8, 4) is 0 Å². The van der Waals surface area contributed by atoms with Crippen molar-refractivity contribution in [2.75, 3.05) is 31.1 Å². The Hall–Kier alpha value is -2.21. The number of hydrogen-bond acceptors (Lipinski definition) is 5. The van der Waals surface area contributed by atoms with E-state index in [2.05, 4.69) is 15.2 Å². The molecule has 2 aliphatic rings. The smallest absolute Gasteiger partial charge is 0.280 e. The molecule has 0 saturated carbocycles. The van der Waals surface area contributed by atoms with Crippen molar-refractivity contribution in [2.45, 2.75) is 12.8 Å². The van der Waals surface area contributed by atoms with Crippen molar-refractivity contribution in [3.63, 3.8) is 0 Å². The first kappa shape index (κ1) is 13.5. The van der Waals surface area contributed by atoms with E-state index in [9.17, 15) is 10.1 Å². The number of hydrogen-bond donors (Lipinski definition) is 1. The Morgan fingerprint density at radius 2 is 2.23 bits per heavy atom. The molecule has 3 heterocycles. The van der Waals surface area contributed by atoms with Crippen LogP contribution in [0.25, 0.3) is 10.8 Å². The Labute approximate surface area is 128 Å². The summed E-state index contributed by atoms with van der Waals surface area (Å²) in [7, 11) is 0. The van der Waals surface area contributed by atoms with Gasteiger partial charge in [-0.1, -0.05) is 12.1 Å². The number of rotatable bonds is 2. The van der Waals surface area contributed by atoms with Crippen molar-refractivity contribution < 1.29 is 4.92 Å². The number of fused-ring (bicyclic) bond motifs is 1. The lowest BCUT2D eigenvalue weighted by Crippen LogP contribution is -2.29. The van der Waals surface area contributed by atoms with Crippen LogP contribution in [0.2, 0.25) is 0 Å². The largest absolute Gasteiger partial charge is 0.355 e. The minimum absolute atomic E-state index is 0.145. The van der Waals surface area contributed by atoms with E-state index in [0.29, 0.717) is 10.8 Å². The molecule has 22 heavy (non-hydrogen) atoms. The van der Waals surface area contributed by atoms with E-state index in [1.54, 1.807) is 18.3 Å². The second-order valence-electron chi connectivity index (χ2n) is 6.37. The molecule has 0 amide bonds. The number of aromatic nitrogens is 1. The lowest BCUT2D eigenvalue weighted by molar-refractivity contribution is -0.383. The predicted molar refractivity (Wildman–Crippen MR) is 85.1 cm³/mol. The van der Waals surface area contributed by atoms with Crippen LogP contribution in [-0.2, 0) is 0 Å². The van der Waals surface area contributed by atoms with Gasteiger partial charge in [0, 0.05) is 37.3 Å². The van der Waals surface area contributed by atoms with Crippen LogP contribution in [0.1, 0.15) is 12.8 Å².